The van der Waals surface area contributed by atoms with Gasteiger partial charge < -0.3 is 14.5 Å². The van der Waals surface area contributed by atoms with Crippen LogP contribution in [-0.2, 0) is 19.1 Å². The molecule has 0 bridgehead atoms. The van der Waals surface area contributed by atoms with Crippen LogP contribution in [0.3, 0.4) is 0 Å². The molecule has 7 nitrogen and oxygen atoms in total. The lowest BCUT2D eigenvalue weighted by atomic mass is 9.62. The first-order chi connectivity index (χ1) is 15.5. The molecule has 4 atom stereocenters. The molecule has 7 heteroatoms. The monoisotopic (exact) mass is 429 g/mol. The number of hydrogen-bond donors (Lipinski definition) is 0. The van der Waals surface area contributed by atoms with Crippen LogP contribution in [0.25, 0.3) is 0 Å². The van der Waals surface area contributed by atoms with E-state index in [0.717, 1.165) is 16.8 Å². The summed E-state index contributed by atoms with van der Waals surface area (Å²) < 4.78 is 10.1. The van der Waals surface area contributed by atoms with Gasteiger partial charge in [-0.05, 0) is 30.2 Å². The van der Waals surface area contributed by atoms with E-state index in [-0.39, 0.29) is 12.0 Å². The summed E-state index contributed by atoms with van der Waals surface area (Å²) in [5.74, 6) is -1.44. The summed E-state index contributed by atoms with van der Waals surface area (Å²) in [6.07, 6.45) is 0. The van der Waals surface area contributed by atoms with E-state index in [9.17, 15) is 14.9 Å². The van der Waals surface area contributed by atoms with Crippen LogP contribution in [0.5, 0.6) is 0 Å². The van der Waals surface area contributed by atoms with E-state index >= 15 is 0 Å². The van der Waals surface area contributed by atoms with Crippen LogP contribution < -0.4 is 5.01 Å². The highest BCUT2D eigenvalue weighted by atomic mass is 16.5. The Morgan fingerprint density at radius 1 is 0.969 bits per heavy atom. The zero-order valence-corrected chi connectivity index (χ0v) is 18.1. The molecule has 3 aliphatic rings. The van der Waals surface area contributed by atoms with Gasteiger partial charge in [-0.2, -0.15) is 5.26 Å². The van der Waals surface area contributed by atoms with Crippen LogP contribution >= 0.6 is 0 Å². The van der Waals surface area contributed by atoms with E-state index in [2.05, 4.69) is 16.1 Å². The predicted octanol–water partition coefficient (Wildman–Crippen LogP) is 3.12. The topological polar surface area (TPSA) is 82.9 Å². The maximum atomic E-state index is 12.9. The van der Waals surface area contributed by atoms with Crippen LogP contribution in [0.1, 0.15) is 30.0 Å². The zero-order chi connectivity index (χ0) is 22.6. The number of hydrogen-bond acceptors (Lipinski definition) is 7. The molecule has 5 rings (SSSR count). The lowest BCUT2D eigenvalue weighted by molar-refractivity contribution is -0.142. The molecule has 2 aromatic rings. The van der Waals surface area contributed by atoms with Gasteiger partial charge in [-0.15, -0.1) is 0 Å². The Kier molecular flexibility index (Phi) is 4.57. The van der Waals surface area contributed by atoms with Gasteiger partial charge in [0.2, 0.25) is 0 Å². The fourth-order valence-electron chi connectivity index (χ4n) is 5.52. The van der Waals surface area contributed by atoms with E-state index in [0.29, 0.717) is 17.7 Å². The molecular weight excluding hydrogens is 406 g/mol. The number of anilines is 1. The standard InChI is InChI=1S/C25H23N3O4/c1-25(13-26)14-27(15-9-5-4-6-10-15)28-21-18(16-11-7-8-12-17(16)22(25)28)19(23(29)31-2)20(21)24(30)32-3/h4-12,18,21-22H,14H2,1-3H3/t18-,21-,22-,25-/m1/s1. The molecule has 0 saturated carbocycles. The van der Waals surface area contributed by atoms with Crippen molar-refractivity contribution in [2.75, 3.05) is 25.8 Å². The molecule has 0 amide bonds. The van der Waals surface area contributed by atoms with Crippen molar-refractivity contribution in [1.29, 1.82) is 5.26 Å². The fraction of sp³-hybridized carbons (Fsp3) is 0.320. The Labute approximate surface area is 186 Å². The maximum Gasteiger partial charge on any atom is 0.336 e. The number of carbonyl (C=O) groups excluding carboxylic acids is 2. The Hall–Kier alpha value is -3.63. The van der Waals surface area contributed by atoms with Gasteiger partial charge in [0, 0.05) is 5.92 Å². The van der Waals surface area contributed by atoms with E-state index in [1.165, 1.54) is 14.2 Å². The van der Waals surface area contributed by atoms with Crippen molar-refractivity contribution < 1.29 is 19.1 Å². The van der Waals surface area contributed by atoms with E-state index < -0.39 is 23.4 Å². The Balaban J connectivity index is 1.78. The summed E-state index contributed by atoms with van der Waals surface area (Å²) in [5.41, 5.74) is 2.75. The lowest BCUT2D eigenvalue weighted by Gasteiger charge is -2.53. The molecule has 0 radical (unpaired) electrons. The summed E-state index contributed by atoms with van der Waals surface area (Å²) in [7, 11) is 2.62. The van der Waals surface area contributed by atoms with Crippen molar-refractivity contribution in [3.05, 3.63) is 76.9 Å². The number of rotatable bonds is 3. The second kappa shape index (κ2) is 7.21. The van der Waals surface area contributed by atoms with E-state index in [4.69, 9.17) is 9.47 Å². The lowest BCUT2D eigenvalue weighted by Crippen LogP contribution is -2.59. The van der Waals surface area contributed by atoms with Crippen molar-refractivity contribution >= 4 is 17.6 Å². The fourth-order valence-corrected chi connectivity index (χ4v) is 5.52. The average Bonchev–Trinajstić information content (AvgIpc) is 3.12. The highest BCUT2D eigenvalue weighted by Gasteiger charge is 2.64. The Morgan fingerprint density at radius 3 is 2.19 bits per heavy atom. The van der Waals surface area contributed by atoms with Crippen LogP contribution in [0, 0.1) is 16.7 Å². The molecule has 2 aliphatic heterocycles. The molecule has 32 heavy (non-hydrogen) atoms. The first-order valence-corrected chi connectivity index (χ1v) is 10.5. The van der Waals surface area contributed by atoms with Crippen LogP contribution in [-0.4, -0.2) is 43.8 Å². The first-order valence-electron chi connectivity index (χ1n) is 10.5. The quantitative estimate of drug-likeness (QED) is 0.693. The van der Waals surface area contributed by atoms with Gasteiger partial charge in [0.05, 0.1) is 61.2 Å². The number of fused-ring (bicyclic) bond motifs is 6. The molecule has 0 spiro atoms. The van der Waals surface area contributed by atoms with Gasteiger partial charge in [-0.25, -0.2) is 14.6 Å². The Morgan fingerprint density at radius 2 is 1.56 bits per heavy atom. The van der Waals surface area contributed by atoms with E-state index in [1.54, 1.807) is 0 Å². The molecular formula is C25H23N3O4. The number of methoxy groups -OCH3 is 2. The predicted molar refractivity (Wildman–Crippen MR) is 116 cm³/mol. The molecule has 2 heterocycles. The van der Waals surface area contributed by atoms with Crippen molar-refractivity contribution in [3.8, 4) is 6.07 Å². The SMILES string of the molecule is COC(=O)C1=C(C(=O)OC)[C@H]2[C@@H]1c1ccccc1[C@H]1N2N(c2ccccc2)C[C@@]1(C)C#N. The van der Waals surface area contributed by atoms with Gasteiger partial charge in [0.1, 0.15) is 0 Å². The van der Waals surface area contributed by atoms with Crippen molar-refractivity contribution in [1.82, 2.24) is 5.01 Å². The van der Waals surface area contributed by atoms with Gasteiger partial charge >= 0.3 is 11.9 Å². The smallest absolute Gasteiger partial charge is 0.336 e. The maximum absolute atomic E-state index is 12.9. The number of para-hydroxylation sites is 1. The number of ether oxygens (including phenoxy) is 2. The van der Waals surface area contributed by atoms with Gasteiger partial charge in [-0.3, -0.25) is 0 Å². The van der Waals surface area contributed by atoms with Crippen LogP contribution in [0.2, 0.25) is 0 Å². The molecule has 1 saturated heterocycles. The average molecular weight is 429 g/mol. The highest BCUT2D eigenvalue weighted by molar-refractivity contribution is 6.06. The van der Waals surface area contributed by atoms with Crippen molar-refractivity contribution in [2.24, 2.45) is 5.41 Å². The van der Waals surface area contributed by atoms with Gasteiger partial charge in [0.25, 0.3) is 0 Å². The van der Waals surface area contributed by atoms with Crippen molar-refractivity contribution in [3.63, 3.8) is 0 Å². The summed E-state index contributed by atoms with van der Waals surface area (Å²) in [6, 6.07) is 19.5. The molecule has 1 aliphatic carbocycles. The molecule has 0 aromatic heterocycles. The van der Waals surface area contributed by atoms with E-state index in [1.807, 2.05) is 61.5 Å². The van der Waals surface area contributed by atoms with Gasteiger partial charge in [-0.1, -0.05) is 42.5 Å². The second-order valence-electron chi connectivity index (χ2n) is 8.57. The number of benzene rings is 2. The number of esters is 2. The zero-order valence-electron chi connectivity index (χ0n) is 18.1. The minimum Gasteiger partial charge on any atom is -0.466 e. The number of nitriles is 1. The summed E-state index contributed by atoms with van der Waals surface area (Å²) in [5, 5.41) is 14.4. The minimum atomic E-state index is -0.737. The minimum absolute atomic E-state index is 0.288. The second-order valence-corrected chi connectivity index (χ2v) is 8.57. The summed E-state index contributed by atoms with van der Waals surface area (Å²) in [4.78, 5) is 25.6. The van der Waals surface area contributed by atoms with Crippen LogP contribution in [0.4, 0.5) is 5.69 Å². The third-order valence-corrected chi connectivity index (χ3v) is 6.87. The normalized spacial score (nSPS) is 28.1. The number of nitrogens with zero attached hydrogens (tertiary/aromatic N) is 3. The number of carbonyl (C=O) groups is 2. The third kappa shape index (κ3) is 2.56. The summed E-state index contributed by atoms with van der Waals surface area (Å²) >= 11 is 0. The molecule has 1 fully saturated rings. The Bertz CT molecular complexity index is 1190. The molecule has 0 N–H and O–H groups in total. The molecule has 0 unspecified atom stereocenters. The van der Waals surface area contributed by atoms with Gasteiger partial charge in [0.15, 0.2) is 0 Å². The molecule has 2 aromatic carbocycles. The number of hydrazine groups is 1. The molecule has 162 valence electrons. The van der Waals surface area contributed by atoms with Crippen LogP contribution in [0.15, 0.2) is 65.7 Å². The largest absolute Gasteiger partial charge is 0.466 e. The third-order valence-electron chi connectivity index (χ3n) is 6.87. The first kappa shape index (κ1) is 20.3. The summed E-state index contributed by atoms with van der Waals surface area (Å²) in [6.45, 7) is 2.41. The highest BCUT2D eigenvalue weighted by Crippen LogP contribution is 2.61. The van der Waals surface area contributed by atoms with Crippen molar-refractivity contribution in [2.45, 2.75) is 24.9 Å².